The average molecular weight is 335 g/mol. The van der Waals surface area contributed by atoms with Crippen molar-refractivity contribution in [2.24, 2.45) is 0 Å². The Morgan fingerprint density at radius 2 is 1.92 bits per heavy atom. The van der Waals surface area contributed by atoms with E-state index in [1.54, 1.807) is 11.9 Å². The zero-order chi connectivity index (χ0) is 17.6. The van der Waals surface area contributed by atoms with Gasteiger partial charge in [-0.15, -0.1) is 0 Å². The second-order valence-electron chi connectivity index (χ2n) is 6.12. The highest BCUT2D eigenvalue weighted by molar-refractivity contribution is 5.76. The highest BCUT2D eigenvalue weighted by Crippen LogP contribution is 2.17. The van der Waals surface area contributed by atoms with E-state index in [4.69, 9.17) is 4.52 Å². The minimum Gasteiger partial charge on any atom is -0.341 e. The van der Waals surface area contributed by atoms with Gasteiger partial charge in [-0.25, -0.2) is 0 Å². The van der Waals surface area contributed by atoms with E-state index in [1.165, 1.54) is 0 Å². The number of carbonyl (C=O) groups excluding carboxylic acids is 1. The standard InChI is InChI=1S/C20H21N3O2/c1-15-7-6-10-17(13-15)20-21-18(25-22-20)11-12-19(24)23(2)14-16-8-4-3-5-9-16/h3-10,13H,11-12,14H2,1-2H3. The maximum Gasteiger partial charge on any atom is 0.227 e. The molecule has 0 atom stereocenters. The summed E-state index contributed by atoms with van der Waals surface area (Å²) in [5, 5.41) is 4.01. The number of aryl methyl sites for hydroxylation is 2. The van der Waals surface area contributed by atoms with Crippen LogP contribution in [-0.2, 0) is 17.8 Å². The molecule has 0 aliphatic carbocycles. The lowest BCUT2D eigenvalue weighted by Gasteiger charge is -2.16. The highest BCUT2D eigenvalue weighted by atomic mass is 16.5. The Balaban J connectivity index is 1.56. The van der Waals surface area contributed by atoms with E-state index >= 15 is 0 Å². The van der Waals surface area contributed by atoms with Crippen molar-refractivity contribution < 1.29 is 9.32 Å². The number of nitrogens with zero attached hydrogens (tertiary/aromatic N) is 3. The summed E-state index contributed by atoms with van der Waals surface area (Å²) in [6, 6.07) is 17.9. The largest absolute Gasteiger partial charge is 0.341 e. The van der Waals surface area contributed by atoms with Crippen LogP contribution in [0.2, 0.25) is 0 Å². The summed E-state index contributed by atoms with van der Waals surface area (Å²) < 4.78 is 5.28. The summed E-state index contributed by atoms with van der Waals surface area (Å²) in [5.41, 5.74) is 3.17. The molecule has 3 rings (SSSR count). The first-order valence-corrected chi connectivity index (χ1v) is 8.29. The Morgan fingerprint density at radius 3 is 2.68 bits per heavy atom. The molecule has 0 bridgehead atoms. The second-order valence-corrected chi connectivity index (χ2v) is 6.12. The number of rotatable bonds is 6. The van der Waals surface area contributed by atoms with Crippen molar-refractivity contribution in [3.8, 4) is 11.4 Å². The van der Waals surface area contributed by atoms with Gasteiger partial charge in [-0.05, 0) is 18.6 Å². The van der Waals surface area contributed by atoms with Gasteiger partial charge in [0.2, 0.25) is 17.6 Å². The molecule has 25 heavy (non-hydrogen) atoms. The number of carbonyl (C=O) groups is 1. The second kappa shape index (κ2) is 7.75. The molecule has 0 radical (unpaired) electrons. The summed E-state index contributed by atoms with van der Waals surface area (Å²) in [5.74, 6) is 1.10. The van der Waals surface area contributed by atoms with Crippen molar-refractivity contribution in [3.05, 3.63) is 71.6 Å². The van der Waals surface area contributed by atoms with Crippen LogP contribution in [0.25, 0.3) is 11.4 Å². The Kier molecular flexibility index (Phi) is 5.23. The summed E-state index contributed by atoms with van der Waals surface area (Å²) in [7, 11) is 1.81. The van der Waals surface area contributed by atoms with Crippen molar-refractivity contribution in [1.82, 2.24) is 15.0 Å². The Labute approximate surface area is 147 Å². The molecule has 1 aromatic heterocycles. The van der Waals surface area contributed by atoms with Crippen LogP contribution >= 0.6 is 0 Å². The van der Waals surface area contributed by atoms with Crippen molar-refractivity contribution in [3.63, 3.8) is 0 Å². The third kappa shape index (κ3) is 4.53. The Hall–Kier alpha value is -2.95. The quantitative estimate of drug-likeness (QED) is 0.690. The fourth-order valence-electron chi connectivity index (χ4n) is 2.61. The van der Waals surface area contributed by atoms with Crippen molar-refractivity contribution in [2.75, 3.05) is 7.05 Å². The van der Waals surface area contributed by atoms with Crippen molar-refractivity contribution in [2.45, 2.75) is 26.3 Å². The van der Waals surface area contributed by atoms with E-state index < -0.39 is 0 Å². The molecule has 0 saturated carbocycles. The topological polar surface area (TPSA) is 59.2 Å². The number of benzene rings is 2. The van der Waals surface area contributed by atoms with Crippen LogP contribution in [0.5, 0.6) is 0 Å². The SMILES string of the molecule is Cc1cccc(-c2noc(CCC(=O)N(C)Cc3ccccc3)n2)c1. The molecule has 0 spiro atoms. The molecular weight excluding hydrogens is 314 g/mol. The van der Waals surface area contributed by atoms with E-state index in [1.807, 2.05) is 61.5 Å². The van der Waals surface area contributed by atoms with Crippen LogP contribution in [0.15, 0.2) is 59.1 Å². The number of hydrogen-bond acceptors (Lipinski definition) is 4. The number of aromatic nitrogens is 2. The summed E-state index contributed by atoms with van der Waals surface area (Å²) in [4.78, 5) is 18.4. The van der Waals surface area contributed by atoms with Gasteiger partial charge in [0, 0.05) is 32.0 Å². The fraction of sp³-hybridized carbons (Fsp3) is 0.250. The van der Waals surface area contributed by atoms with Gasteiger partial charge >= 0.3 is 0 Å². The third-order valence-electron chi connectivity index (χ3n) is 3.99. The van der Waals surface area contributed by atoms with Crippen LogP contribution in [0, 0.1) is 6.92 Å². The lowest BCUT2D eigenvalue weighted by Crippen LogP contribution is -2.26. The van der Waals surface area contributed by atoms with E-state index in [0.717, 1.165) is 16.7 Å². The molecule has 0 N–H and O–H groups in total. The monoisotopic (exact) mass is 335 g/mol. The summed E-state index contributed by atoms with van der Waals surface area (Å²) in [6.45, 7) is 2.61. The highest BCUT2D eigenvalue weighted by Gasteiger charge is 2.13. The zero-order valence-electron chi connectivity index (χ0n) is 14.5. The van der Waals surface area contributed by atoms with Crippen LogP contribution in [0.3, 0.4) is 0 Å². The van der Waals surface area contributed by atoms with Gasteiger partial charge < -0.3 is 9.42 Å². The molecule has 0 aliphatic heterocycles. The van der Waals surface area contributed by atoms with E-state index in [2.05, 4.69) is 10.1 Å². The van der Waals surface area contributed by atoms with Gasteiger partial charge in [-0.1, -0.05) is 59.3 Å². The zero-order valence-corrected chi connectivity index (χ0v) is 14.5. The third-order valence-corrected chi connectivity index (χ3v) is 3.99. The van der Waals surface area contributed by atoms with E-state index in [0.29, 0.717) is 31.1 Å². The van der Waals surface area contributed by atoms with E-state index in [9.17, 15) is 4.79 Å². The average Bonchev–Trinajstić information content (AvgIpc) is 3.09. The van der Waals surface area contributed by atoms with Gasteiger partial charge in [-0.3, -0.25) is 4.79 Å². The van der Waals surface area contributed by atoms with Gasteiger partial charge in [0.05, 0.1) is 0 Å². The smallest absolute Gasteiger partial charge is 0.227 e. The molecule has 128 valence electrons. The molecule has 0 saturated heterocycles. The lowest BCUT2D eigenvalue weighted by atomic mass is 10.1. The van der Waals surface area contributed by atoms with Crippen LogP contribution in [0.4, 0.5) is 0 Å². The Morgan fingerprint density at radius 1 is 1.12 bits per heavy atom. The Bertz CT molecular complexity index is 843. The fourth-order valence-corrected chi connectivity index (χ4v) is 2.61. The first-order valence-electron chi connectivity index (χ1n) is 8.29. The van der Waals surface area contributed by atoms with Gasteiger partial charge in [-0.2, -0.15) is 4.98 Å². The molecule has 1 amide bonds. The number of hydrogen-bond donors (Lipinski definition) is 0. The van der Waals surface area contributed by atoms with Gasteiger partial charge in [0.1, 0.15) is 0 Å². The first-order chi connectivity index (χ1) is 12.1. The van der Waals surface area contributed by atoms with Gasteiger partial charge in [0.25, 0.3) is 0 Å². The van der Waals surface area contributed by atoms with Crippen LogP contribution in [0.1, 0.15) is 23.4 Å². The predicted molar refractivity (Wildman–Crippen MR) is 95.7 cm³/mol. The maximum atomic E-state index is 12.3. The summed E-state index contributed by atoms with van der Waals surface area (Å²) in [6.07, 6.45) is 0.787. The number of amides is 1. The van der Waals surface area contributed by atoms with Crippen LogP contribution in [-0.4, -0.2) is 28.0 Å². The first kappa shape index (κ1) is 16.9. The van der Waals surface area contributed by atoms with E-state index in [-0.39, 0.29) is 5.91 Å². The molecule has 0 unspecified atom stereocenters. The normalized spacial score (nSPS) is 10.6. The van der Waals surface area contributed by atoms with Crippen LogP contribution < -0.4 is 0 Å². The molecule has 5 nitrogen and oxygen atoms in total. The van der Waals surface area contributed by atoms with Crippen molar-refractivity contribution >= 4 is 5.91 Å². The summed E-state index contributed by atoms with van der Waals surface area (Å²) >= 11 is 0. The molecule has 0 fully saturated rings. The minimum absolute atomic E-state index is 0.0548. The molecule has 3 aromatic rings. The minimum atomic E-state index is 0.0548. The molecular formula is C20H21N3O2. The molecule has 5 heteroatoms. The maximum absolute atomic E-state index is 12.3. The van der Waals surface area contributed by atoms with Gasteiger partial charge in [0.15, 0.2) is 0 Å². The predicted octanol–water partition coefficient (Wildman–Crippen LogP) is 3.64. The molecule has 0 aliphatic rings. The molecule has 1 heterocycles. The van der Waals surface area contributed by atoms with Crippen molar-refractivity contribution in [1.29, 1.82) is 0 Å². The molecule has 2 aromatic carbocycles. The lowest BCUT2D eigenvalue weighted by molar-refractivity contribution is -0.130.